The van der Waals surface area contributed by atoms with E-state index in [0.29, 0.717) is 37.4 Å². The van der Waals surface area contributed by atoms with Crippen molar-refractivity contribution in [2.75, 3.05) is 32.7 Å². The number of hydrogen-bond acceptors (Lipinski definition) is 2. The van der Waals surface area contributed by atoms with Gasteiger partial charge in [0, 0.05) is 38.6 Å². The van der Waals surface area contributed by atoms with Gasteiger partial charge < -0.3 is 15.1 Å². The smallest absolute Gasteiger partial charge is 0.317 e. The molecule has 1 aromatic carbocycles. The third-order valence-electron chi connectivity index (χ3n) is 6.35. The molecule has 5 nitrogen and oxygen atoms in total. The lowest BCUT2D eigenvalue weighted by atomic mass is 9.89. The first-order chi connectivity index (χ1) is 13.5. The predicted octanol–water partition coefficient (Wildman–Crippen LogP) is 3.55. The Kier molecular flexibility index (Phi) is 7.35. The monoisotopic (exact) mass is 385 g/mol. The van der Waals surface area contributed by atoms with Crippen LogP contribution in [0.2, 0.25) is 0 Å². The number of carbonyl (C=O) groups is 2. The minimum atomic E-state index is 0.0192. The van der Waals surface area contributed by atoms with E-state index in [1.165, 1.54) is 5.56 Å². The Bertz CT molecular complexity index is 633. The van der Waals surface area contributed by atoms with Crippen molar-refractivity contribution in [1.82, 2.24) is 15.1 Å². The summed E-state index contributed by atoms with van der Waals surface area (Å²) < 4.78 is 0. The molecule has 0 saturated carbocycles. The molecule has 2 fully saturated rings. The zero-order valence-electron chi connectivity index (χ0n) is 17.4. The first-order valence-corrected chi connectivity index (χ1v) is 10.9. The number of piperidine rings is 1. The van der Waals surface area contributed by atoms with Crippen molar-refractivity contribution in [1.29, 1.82) is 0 Å². The van der Waals surface area contributed by atoms with Gasteiger partial charge in [0.15, 0.2) is 0 Å². The molecule has 0 aliphatic carbocycles. The Morgan fingerprint density at radius 3 is 2.25 bits per heavy atom. The Morgan fingerprint density at radius 1 is 1.00 bits per heavy atom. The minimum absolute atomic E-state index is 0.0192. The van der Waals surface area contributed by atoms with E-state index in [1.54, 1.807) is 0 Å². The molecule has 5 heteroatoms. The normalized spacial score (nSPS) is 19.1. The molecule has 3 rings (SSSR count). The Hall–Kier alpha value is -2.04. The standard InChI is InChI=1S/C23H35N3O2/c1-18(2)21(16-19-8-4-3-5-9-19)17-24-23(28)26-14-10-20(11-15-26)22(27)25-12-6-7-13-25/h3-5,8-9,18,20-21H,6-7,10-17H2,1-2H3,(H,24,28)/t21-/m1/s1. The maximum atomic E-state index is 12.6. The van der Waals surface area contributed by atoms with E-state index in [0.717, 1.165) is 45.2 Å². The van der Waals surface area contributed by atoms with Gasteiger partial charge in [-0.1, -0.05) is 44.2 Å². The van der Waals surface area contributed by atoms with E-state index >= 15 is 0 Å². The summed E-state index contributed by atoms with van der Waals surface area (Å²) in [5.74, 6) is 1.33. The first kappa shape index (κ1) is 20.7. The first-order valence-electron chi connectivity index (χ1n) is 10.9. The second kappa shape index (κ2) is 9.94. The highest BCUT2D eigenvalue weighted by atomic mass is 16.2. The van der Waals surface area contributed by atoms with E-state index in [1.807, 2.05) is 15.9 Å². The Labute approximate surface area is 169 Å². The lowest BCUT2D eigenvalue weighted by Gasteiger charge is -2.33. The summed E-state index contributed by atoms with van der Waals surface area (Å²) in [5.41, 5.74) is 1.32. The maximum Gasteiger partial charge on any atom is 0.317 e. The number of nitrogens with one attached hydrogen (secondary N) is 1. The number of likely N-dealkylation sites (tertiary alicyclic amines) is 2. The SMILES string of the molecule is CC(C)[C@@H](CNC(=O)N1CCC(C(=O)N2CCCC2)CC1)Cc1ccccc1. The van der Waals surface area contributed by atoms with Gasteiger partial charge in [0.25, 0.3) is 0 Å². The van der Waals surface area contributed by atoms with Gasteiger partial charge in [-0.15, -0.1) is 0 Å². The highest BCUT2D eigenvalue weighted by Gasteiger charge is 2.31. The summed E-state index contributed by atoms with van der Waals surface area (Å²) in [7, 11) is 0. The molecule has 0 radical (unpaired) electrons. The van der Waals surface area contributed by atoms with Gasteiger partial charge in [-0.05, 0) is 49.5 Å². The van der Waals surface area contributed by atoms with Crippen LogP contribution >= 0.6 is 0 Å². The third kappa shape index (κ3) is 5.49. The van der Waals surface area contributed by atoms with Crippen molar-refractivity contribution >= 4 is 11.9 Å². The van der Waals surface area contributed by atoms with Gasteiger partial charge in [0.1, 0.15) is 0 Å². The van der Waals surface area contributed by atoms with E-state index in [4.69, 9.17) is 0 Å². The fourth-order valence-electron chi connectivity index (χ4n) is 4.32. The topological polar surface area (TPSA) is 52.7 Å². The summed E-state index contributed by atoms with van der Waals surface area (Å²) in [5, 5.41) is 3.14. The number of hydrogen-bond donors (Lipinski definition) is 1. The molecule has 1 N–H and O–H groups in total. The average molecular weight is 386 g/mol. The summed E-state index contributed by atoms with van der Waals surface area (Å²) in [6, 6.07) is 10.5. The van der Waals surface area contributed by atoms with Crippen LogP contribution in [0.3, 0.4) is 0 Å². The van der Waals surface area contributed by atoms with Crippen LogP contribution in [0, 0.1) is 17.8 Å². The highest BCUT2D eigenvalue weighted by molar-refractivity contribution is 5.80. The average Bonchev–Trinajstić information content (AvgIpc) is 3.26. The zero-order chi connectivity index (χ0) is 19.9. The van der Waals surface area contributed by atoms with Crippen LogP contribution in [-0.4, -0.2) is 54.5 Å². The molecule has 1 aromatic rings. The second-order valence-electron chi connectivity index (χ2n) is 8.67. The molecule has 1 atom stereocenters. The lowest BCUT2D eigenvalue weighted by molar-refractivity contribution is -0.135. The second-order valence-corrected chi connectivity index (χ2v) is 8.67. The Morgan fingerprint density at radius 2 is 1.64 bits per heavy atom. The lowest BCUT2D eigenvalue weighted by Crippen LogP contribution is -2.48. The molecule has 0 aromatic heterocycles. The molecule has 154 valence electrons. The van der Waals surface area contributed by atoms with Gasteiger partial charge in [0.05, 0.1) is 0 Å². The summed E-state index contributed by atoms with van der Waals surface area (Å²) in [6.07, 6.45) is 4.83. The van der Waals surface area contributed by atoms with E-state index < -0.39 is 0 Å². The van der Waals surface area contributed by atoms with E-state index in [9.17, 15) is 9.59 Å². The van der Waals surface area contributed by atoms with Crippen molar-refractivity contribution in [3.63, 3.8) is 0 Å². The number of benzene rings is 1. The van der Waals surface area contributed by atoms with Crippen LogP contribution in [-0.2, 0) is 11.2 Å². The van der Waals surface area contributed by atoms with Crippen LogP contribution in [0.15, 0.2) is 30.3 Å². The molecule has 2 saturated heterocycles. The summed E-state index contributed by atoms with van der Waals surface area (Å²) >= 11 is 0. The molecule has 2 aliphatic rings. The van der Waals surface area contributed by atoms with Crippen molar-refractivity contribution in [2.45, 2.75) is 46.0 Å². The van der Waals surface area contributed by atoms with Crippen LogP contribution < -0.4 is 5.32 Å². The van der Waals surface area contributed by atoms with E-state index in [-0.39, 0.29) is 11.9 Å². The van der Waals surface area contributed by atoms with Gasteiger partial charge in [-0.25, -0.2) is 4.79 Å². The van der Waals surface area contributed by atoms with Crippen LogP contribution in [0.4, 0.5) is 4.79 Å². The molecule has 3 amide bonds. The molecule has 0 unspecified atom stereocenters. The molecule has 28 heavy (non-hydrogen) atoms. The number of amides is 3. The van der Waals surface area contributed by atoms with Crippen molar-refractivity contribution in [3.05, 3.63) is 35.9 Å². The molecule has 2 heterocycles. The minimum Gasteiger partial charge on any atom is -0.342 e. The van der Waals surface area contributed by atoms with E-state index in [2.05, 4.69) is 43.4 Å². The Balaban J connectivity index is 1.43. The predicted molar refractivity (Wildman–Crippen MR) is 112 cm³/mol. The molecule has 0 spiro atoms. The molecular weight excluding hydrogens is 350 g/mol. The highest BCUT2D eigenvalue weighted by Crippen LogP contribution is 2.22. The maximum absolute atomic E-state index is 12.6. The van der Waals surface area contributed by atoms with Gasteiger partial charge in [-0.2, -0.15) is 0 Å². The largest absolute Gasteiger partial charge is 0.342 e. The van der Waals surface area contributed by atoms with Gasteiger partial charge in [-0.3, -0.25) is 4.79 Å². The van der Waals surface area contributed by atoms with Crippen molar-refractivity contribution in [2.24, 2.45) is 17.8 Å². The molecular formula is C23H35N3O2. The van der Waals surface area contributed by atoms with Gasteiger partial charge >= 0.3 is 6.03 Å². The van der Waals surface area contributed by atoms with Crippen LogP contribution in [0.1, 0.15) is 45.1 Å². The fraction of sp³-hybridized carbons (Fsp3) is 0.652. The van der Waals surface area contributed by atoms with Crippen LogP contribution in [0.5, 0.6) is 0 Å². The summed E-state index contributed by atoms with van der Waals surface area (Å²) in [4.78, 5) is 29.1. The van der Waals surface area contributed by atoms with Gasteiger partial charge in [0.2, 0.25) is 5.91 Å². The summed E-state index contributed by atoms with van der Waals surface area (Å²) in [6.45, 7) is 8.32. The van der Waals surface area contributed by atoms with Crippen molar-refractivity contribution in [3.8, 4) is 0 Å². The van der Waals surface area contributed by atoms with Crippen LogP contribution in [0.25, 0.3) is 0 Å². The number of rotatable bonds is 6. The quantitative estimate of drug-likeness (QED) is 0.814. The molecule has 0 bridgehead atoms. The number of urea groups is 1. The third-order valence-corrected chi connectivity index (χ3v) is 6.35. The number of carbonyl (C=O) groups excluding carboxylic acids is 2. The van der Waals surface area contributed by atoms with Crippen molar-refractivity contribution < 1.29 is 9.59 Å². The number of nitrogens with zero attached hydrogens (tertiary/aromatic N) is 2. The molecule has 2 aliphatic heterocycles. The fourth-order valence-corrected chi connectivity index (χ4v) is 4.32. The zero-order valence-corrected chi connectivity index (χ0v) is 17.4.